The molecule has 6 nitrogen and oxygen atoms in total. The maximum absolute atomic E-state index is 11.9. The number of hydrogen-bond donors (Lipinski definition) is 1. The Morgan fingerprint density at radius 3 is 2.58 bits per heavy atom. The largest absolute Gasteiger partial charge is 0.508 e. The minimum absolute atomic E-state index is 0.0710. The van der Waals surface area contributed by atoms with Crippen LogP contribution in [0.15, 0.2) is 47.6 Å². The molecule has 2 rings (SSSR count). The number of esters is 1. The number of aromatic hydroxyl groups is 1. The van der Waals surface area contributed by atoms with Crippen molar-refractivity contribution in [1.29, 1.82) is 0 Å². The standard InChI is InChI=1S/C18H19NO5/c1-12-10-14(20)8-9-16(12)24-11-13-6-4-5-7-15(13)17(19-23-3)18(21)22-2/h4-10,20H,11H2,1-3H3/b19-17-. The van der Waals surface area contributed by atoms with Gasteiger partial charge in [0.2, 0.25) is 0 Å². The van der Waals surface area contributed by atoms with E-state index in [1.54, 1.807) is 30.3 Å². The van der Waals surface area contributed by atoms with E-state index in [0.717, 1.165) is 11.1 Å². The quantitative estimate of drug-likeness (QED) is 0.501. The zero-order valence-electron chi connectivity index (χ0n) is 13.8. The molecular weight excluding hydrogens is 310 g/mol. The number of phenols is 1. The van der Waals surface area contributed by atoms with Crippen LogP contribution in [0.4, 0.5) is 0 Å². The maximum atomic E-state index is 11.9. The van der Waals surface area contributed by atoms with Crippen molar-refractivity contribution in [2.45, 2.75) is 13.5 Å². The Hall–Kier alpha value is -3.02. The maximum Gasteiger partial charge on any atom is 0.360 e. The SMILES string of the molecule is CO/N=C(\C(=O)OC)c1ccccc1COc1ccc(O)cc1C. The average Bonchev–Trinajstić information content (AvgIpc) is 2.59. The molecule has 2 aromatic rings. The third-order valence-corrected chi connectivity index (χ3v) is 3.38. The van der Waals surface area contributed by atoms with E-state index in [-0.39, 0.29) is 18.1 Å². The molecule has 0 aromatic heterocycles. The Morgan fingerprint density at radius 2 is 1.92 bits per heavy atom. The molecule has 0 amide bonds. The Kier molecular flexibility index (Phi) is 5.78. The van der Waals surface area contributed by atoms with Gasteiger partial charge in [0.15, 0.2) is 5.71 Å². The first-order valence-electron chi connectivity index (χ1n) is 7.27. The summed E-state index contributed by atoms with van der Waals surface area (Å²) in [7, 11) is 2.65. The number of benzene rings is 2. The molecule has 0 bridgehead atoms. The normalized spacial score (nSPS) is 11.0. The first-order valence-corrected chi connectivity index (χ1v) is 7.27. The predicted molar refractivity (Wildman–Crippen MR) is 89.2 cm³/mol. The van der Waals surface area contributed by atoms with E-state index in [2.05, 4.69) is 5.16 Å². The van der Waals surface area contributed by atoms with Gasteiger partial charge in [0, 0.05) is 5.56 Å². The van der Waals surface area contributed by atoms with E-state index in [9.17, 15) is 9.90 Å². The zero-order valence-corrected chi connectivity index (χ0v) is 13.8. The van der Waals surface area contributed by atoms with Crippen LogP contribution in [-0.2, 0) is 21.0 Å². The minimum Gasteiger partial charge on any atom is -0.508 e. The molecule has 0 radical (unpaired) electrons. The average molecular weight is 329 g/mol. The highest BCUT2D eigenvalue weighted by molar-refractivity contribution is 6.43. The Balaban J connectivity index is 2.28. The summed E-state index contributed by atoms with van der Waals surface area (Å²) in [6.45, 7) is 2.06. The summed E-state index contributed by atoms with van der Waals surface area (Å²) in [5.74, 6) is 0.233. The van der Waals surface area contributed by atoms with Gasteiger partial charge in [-0.15, -0.1) is 0 Å². The number of hydrogen-bond acceptors (Lipinski definition) is 6. The minimum atomic E-state index is -0.592. The molecule has 0 aliphatic heterocycles. The van der Waals surface area contributed by atoms with Gasteiger partial charge in [-0.05, 0) is 36.2 Å². The molecular formula is C18H19NO5. The summed E-state index contributed by atoms with van der Waals surface area (Å²) in [5, 5.41) is 13.2. The van der Waals surface area contributed by atoms with Crippen LogP contribution in [0.5, 0.6) is 11.5 Å². The summed E-state index contributed by atoms with van der Waals surface area (Å²) in [6, 6.07) is 12.1. The van der Waals surface area contributed by atoms with E-state index < -0.39 is 5.97 Å². The number of carbonyl (C=O) groups is 1. The lowest BCUT2D eigenvalue weighted by molar-refractivity contribution is -0.132. The third kappa shape index (κ3) is 4.04. The summed E-state index contributed by atoms with van der Waals surface area (Å²) < 4.78 is 10.6. The zero-order chi connectivity index (χ0) is 17.5. The lowest BCUT2D eigenvalue weighted by Crippen LogP contribution is -2.19. The van der Waals surface area contributed by atoms with Gasteiger partial charge in [0.1, 0.15) is 25.2 Å². The van der Waals surface area contributed by atoms with Gasteiger partial charge in [-0.2, -0.15) is 0 Å². The highest BCUT2D eigenvalue weighted by Gasteiger charge is 2.19. The fraction of sp³-hybridized carbons (Fsp3) is 0.222. The lowest BCUT2D eigenvalue weighted by Gasteiger charge is -2.13. The van der Waals surface area contributed by atoms with Crippen molar-refractivity contribution in [3.8, 4) is 11.5 Å². The fourth-order valence-corrected chi connectivity index (χ4v) is 2.21. The van der Waals surface area contributed by atoms with Gasteiger partial charge in [-0.1, -0.05) is 29.4 Å². The summed E-state index contributed by atoms with van der Waals surface area (Å²) in [4.78, 5) is 16.7. The fourth-order valence-electron chi connectivity index (χ4n) is 2.21. The van der Waals surface area contributed by atoms with Crippen LogP contribution in [0.1, 0.15) is 16.7 Å². The van der Waals surface area contributed by atoms with Crippen molar-refractivity contribution in [3.05, 3.63) is 59.2 Å². The molecule has 24 heavy (non-hydrogen) atoms. The molecule has 1 N–H and O–H groups in total. The number of methoxy groups -OCH3 is 1. The van der Waals surface area contributed by atoms with Crippen molar-refractivity contribution in [3.63, 3.8) is 0 Å². The van der Waals surface area contributed by atoms with E-state index >= 15 is 0 Å². The van der Waals surface area contributed by atoms with Crippen LogP contribution in [-0.4, -0.2) is 31.0 Å². The Morgan fingerprint density at radius 1 is 1.17 bits per heavy atom. The molecule has 6 heteroatoms. The van der Waals surface area contributed by atoms with Crippen molar-refractivity contribution < 1.29 is 24.2 Å². The molecule has 0 atom stereocenters. The number of oxime groups is 1. The Bertz CT molecular complexity index is 755. The molecule has 0 heterocycles. The molecule has 0 fully saturated rings. The number of ether oxygens (including phenoxy) is 2. The summed E-state index contributed by atoms with van der Waals surface area (Å²) >= 11 is 0. The lowest BCUT2D eigenvalue weighted by atomic mass is 10.0. The number of aryl methyl sites for hydroxylation is 1. The third-order valence-electron chi connectivity index (χ3n) is 3.38. The van der Waals surface area contributed by atoms with Crippen LogP contribution in [0.25, 0.3) is 0 Å². The van der Waals surface area contributed by atoms with Crippen molar-refractivity contribution in [1.82, 2.24) is 0 Å². The van der Waals surface area contributed by atoms with E-state index in [0.29, 0.717) is 11.3 Å². The highest BCUT2D eigenvalue weighted by atomic mass is 16.6. The van der Waals surface area contributed by atoms with E-state index in [1.807, 2.05) is 19.1 Å². The topological polar surface area (TPSA) is 77.4 Å². The molecule has 126 valence electrons. The van der Waals surface area contributed by atoms with Crippen molar-refractivity contribution >= 4 is 11.7 Å². The van der Waals surface area contributed by atoms with Gasteiger partial charge >= 0.3 is 5.97 Å². The number of phenolic OH excluding ortho intramolecular Hbond substituents is 1. The highest BCUT2D eigenvalue weighted by Crippen LogP contribution is 2.24. The second-order valence-corrected chi connectivity index (χ2v) is 5.01. The smallest absolute Gasteiger partial charge is 0.360 e. The van der Waals surface area contributed by atoms with Crippen molar-refractivity contribution in [2.24, 2.45) is 5.16 Å². The summed E-state index contributed by atoms with van der Waals surface area (Å²) in [5.41, 5.74) is 2.21. The van der Waals surface area contributed by atoms with Crippen molar-refractivity contribution in [2.75, 3.05) is 14.2 Å². The van der Waals surface area contributed by atoms with Crippen LogP contribution in [0.3, 0.4) is 0 Å². The number of carbonyl (C=O) groups excluding carboxylic acids is 1. The van der Waals surface area contributed by atoms with Gasteiger partial charge in [0.25, 0.3) is 0 Å². The monoisotopic (exact) mass is 329 g/mol. The van der Waals surface area contributed by atoms with Gasteiger partial charge < -0.3 is 19.4 Å². The van der Waals surface area contributed by atoms with E-state index in [1.165, 1.54) is 14.2 Å². The second-order valence-electron chi connectivity index (χ2n) is 5.01. The molecule has 0 unspecified atom stereocenters. The molecule has 0 spiro atoms. The van der Waals surface area contributed by atoms with Crippen LogP contribution in [0.2, 0.25) is 0 Å². The van der Waals surface area contributed by atoms with Gasteiger partial charge in [-0.25, -0.2) is 4.79 Å². The first kappa shape index (κ1) is 17.3. The molecule has 0 aliphatic carbocycles. The van der Waals surface area contributed by atoms with Crippen LogP contribution < -0.4 is 4.74 Å². The molecule has 0 saturated carbocycles. The molecule has 2 aromatic carbocycles. The Labute approximate surface area is 140 Å². The molecule has 0 saturated heterocycles. The second kappa shape index (κ2) is 8.01. The predicted octanol–water partition coefficient (Wildman–Crippen LogP) is 2.80. The van der Waals surface area contributed by atoms with Crippen LogP contribution in [0, 0.1) is 6.92 Å². The van der Waals surface area contributed by atoms with Gasteiger partial charge in [-0.3, -0.25) is 0 Å². The summed E-state index contributed by atoms with van der Waals surface area (Å²) in [6.07, 6.45) is 0. The first-order chi connectivity index (χ1) is 11.6. The van der Waals surface area contributed by atoms with Gasteiger partial charge in [0.05, 0.1) is 7.11 Å². The molecule has 0 aliphatic rings. The number of rotatable bonds is 6. The number of nitrogens with zero attached hydrogens (tertiary/aromatic N) is 1. The van der Waals surface area contributed by atoms with Crippen LogP contribution >= 0.6 is 0 Å². The van der Waals surface area contributed by atoms with E-state index in [4.69, 9.17) is 14.3 Å².